The molecule has 5 atom stereocenters. The molecule has 0 fully saturated rings. The third-order valence-electron chi connectivity index (χ3n) is 19.0. The number of aliphatic hydroxyl groups excluding tert-OH is 1. The molecule has 0 aliphatic heterocycles. The number of ether oxygens (including phenoxy) is 4. The largest absolute Gasteiger partial charge is 0.472 e. The van der Waals surface area contributed by atoms with Crippen LogP contribution in [0.5, 0.6) is 0 Å². The number of phosphoric acid groups is 2. The standard InChI is InChI=1S/C81H158O17P2/c1-7-9-11-13-15-17-19-21-22-23-24-25-26-27-28-30-32-41-47-53-59-65-80(85)97-76(70-92-79(84)64-58-52-46-40-35-33-37-43-49-55-61-73(3)4)71-95-99(87,88)93-67-75(82)68-94-100(89,90)96-72-77(98-81(86)66-60-54-48-42-36-34-38-44-50-56-62-74(5)6)69-91-78(83)63-57-51-45-39-31-29-20-18-16-14-12-10-8-2/h73-77,82H,7-72H2,1-6H3,(H,87,88)(H,89,90)/t75-,76-,77-/m1/s1. The fourth-order valence-electron chi connectivity index (χ4n) is 12.5. The van der Waals surface area contributed by atoms with E-state index in [0.29, 0.717) is 25.7 Å². The van der Waals surface area contributed by atoms with Crippen LogP contribution in [0.25, 0.3) is 0 Å². The zero-order chi connectivity index (χ0) is 73.5. The van der Waals surface area contributed by atoms with E-state index >= 15 is 0 Å². The van der Waals surface area contributed by atoms with Crippen LogP contribution >= 0.6 is 15.6 Å². The summed E-state index contributed by atoms with van der Waals surface area (Å²) in [5.74, 6) is -0.598. The van der Waals surface area contributed by atoms with Gasteiger partial charge in [0, 0.05) is 25.7 Å². The highest BCUT2D eigenvalue weighted by Gasteiger charge is 2.30. The minimum Gasteiger partial charge on any atom is -0.462 e. The van der Waals surface area contributed by atoms with Gasteiger partial charge < -0.3 is 33.8 Å². The van der Waals surface area contributed by atoms with E-state index in [1.54, 1.807) is 0 Å². The van der Waals surface area contributed by atoms with Gasteiger partial charge >= 0.3 is 39.5 Å². The molecule has 0 saturated carbocycles. The zero-order valence-electron chi connectivity index (χ0n) is 65.5. The zero-order valence-corrected chi connectivity index (χ0v) is 67.3. The number of esters is 4. The van der Waals surface area contributed by atoms with Crippen molar-refractivity contribution < 1.29 is 80.2 Å². The monoisotopic (exact) mass is 1470 g/mol. The van der Waals surface area contributed by atoms with Gasteiger partial charge in [0.2, 0.25) is 0 Å². The van der Waals surface area contributed by atoms with Crippen molar-refractivity contribution in [1.29, 1.82) is 0 Å². The van der Waals surface area contributed by atoms with Crippen molar-refractivity contribution in [3.8, 4) is 0 Å². The lowest BCUT2D eigenvalue weighted by molar-refractivity contribution is -0.161. The van der Waals surface area contributed by atoms with Gasteiger partial charge in [0.25, 0.3) is 0 Å². The molecule has 0 aromatic heterocycles. The third-order valence-corrected chi connectivity index (χ3v) is 20.9. The van der Waals surface area contributed by atoms with E-state index in [9.17, 15) is 43.2 Å². The Kier molecular flexibility index (Phi) is 71.2. The highest BCUT2D eigenvalue weighted by molar-refractivity contribution is 7.47. The Bertz CT molecular complexity index is 1920. The number of carbonyl (C=O) groups is 4. The average molecular weight is 1470 g/mol. The summed E-state index contributed by atoms with van der Waals surface area (Å²) in [5.41, 5.74) is 0. The topological polar surface area (TPSA) is 237 Å². The van der Waals surface area contributed by atoms with Crippen LogP contribution in [0.1, 0.15) is 427 Å². The first-order chi connectivity index (χ1) is 48.4. The van der Waals surface area contributed by atoms with E-state index in [2.05, 4.69) is 41.5 Å². The first-order valence-electron chi connectivity index (χ1n) is 42.0. The number of unbranched alkanes of at least 4 members (excludes halogenated alkanes) is 50. The summed E-state index contributed by atoms with van der Waals surface area (Å²) in [6.45, 7) is 9.62. The molecular weight excluding hydrogens is 1310 g/mol. The summed E-state index contributed by atoms with van der Waals surface area (Å²) in [4.78, 5) is 73.0. The Balaban J connectivity index is 5.23. The van der Waals surface area contributed by atoms with Crippen LogP contribution in [0, 0.1) is 11.8 Å². The van der Waals surface area contributed by atoms with Crippen LogP contribution in [-0.4, -0.2) is 96.7 Å². The van der Waals surface area contributed by atoms with E-state index in [4.69, 9.17) is 37.0 Å². The van der Waals surface area contributed by atoms with Crippen molar-refractivity contribution in [2.75, 3.05) is 39.6 Å². The Labute approximate surface area is 613 Å². The lowest BCUT2D eigenvalue weighted by Gasteiger charge is -2.21. The highest BCUT2D eigenvalue weighted by atomic mass is 31.2. The molecule has 0 aromatic carbocycles. The summed E-state index contributed by atoms with van der Waals surface area (Å²) in [6, 6.07) is 0. The van der Waals surface area contributed by atoms with Crippen LogP contribution in [0.15, 0.2) is 0 Å². The average Bonchev–Trinajstić information content (AvgIpc) is 0.942. The Hall–Kier alpha value is -1.94. The highest BCUT2D eigenvalue weighted by Crippen LogP contribution is 2.45. The van der Waals surface area contributed by atoms with E-state index in [1.807, 2.05) is 0 Å². The first-order valence-corrected chi connectivity index (χ1v) is 45.0. The fourth-order valence-corrected chi connectivity index (χ4v) is 14.1. The van der Waals surface area contributed by atoms with Crippen molar-refractivity contribution in [2.24, 2.45) is 11.8 Å². The summed E-state index contributed by atoms with van der Waals surface area (Å²) < 4.78 is 68.7. The second-order valence-corrected chi connectivity index (χ2v) is 33.0. The van der Waals surface area contributed by atoms with Crippen LogP contribution < -0.4 is 0 Å². The minimum atomic E-state index is -4.96. The van der Waals surface area contributed by atoms with Gasteiger partial charge in [-0.2, -0.15) is 0 Å². The van der Waals surface area contributed by atoms with Gasteiger partial charge in [-0.05, 0) is 37.5 Å². The number of hydrogen-bond acceptors (Lipinski definition) is 15. The SMILES string of the molecule is CCCCCCCCCCCCCCCCCCCCCCCC(=O)O[C@H](COC(=O)CCCCCCCCCCCCC(C)C)COP(=O)(O)OC[C@@H](O)COP(=O)(O)OC[C@@H](COC(=O)CCCCCCCCCCCCCCC)OC(=O)CCCCCCCCCCCCC(C)C. The molecule has 0 aliphatic carbocycles. The molecule has 2 unspecified atom stereocenters. The summed E-state index contributed by atoms with van der Waals surface area (Å²) in [6.07, 6.45) is 62.5. The molecular formula is C81H158O17P2. The van der Waals surface area contributed by atoms with Crippen LogP contribution in [0.4, 0.5) is 0 Å². The second-order valence-electron chi connectivity index (χ2n) is 30.1. The number of rotatable bonds is 80. The molecule has 17 nitrogen and oxygen atoms in total. The van der Waals surface area contributed by atoms with Gasteiger partial charge in [-0.1, -0.05) is 375 Å². The maximum Gasteiger partial charge on any atom is 0.472 e. The van der Waals surface area contributed by atoms with Crippen molar-refractivity contribution in [1.82, 2.24) is 0 Å². The number of carbonyl (C=O) groups excluding carboxylic acids is 4. The molecule has 0 radical (unpaired) electrons. The molecule has 594 valence electrons. The second kappa shape index (κ2) is 72.6. The molecule has 0 amide bonds. The van der Waals surface area contributed by atoms with Crippen LogP contribution in [-0.2, 0) is 65.4 Å². The molecule has 0 heterocycles. The van der Waals surface area contributed by atoms with E-state index < -0.39 is 97.5 Å². The van der Waals surface area contributed by atoms with Crippen LogP contribution in [0.2, 0.25) is 0 Å². The Morgan fingerprint density at radius 1 is 0.270 bits per heavy atom. The van der Waals surface area contributed by atoms with E-state index in [1.165, 1.54) is 244 Å². The molecule has 19 heteroatoms. The van der Waals surface area contributed by atoms with Gasteiger partial charge in [0.15, 0.2) is 12.2 Å². The predicted molar refractivity (Wildman–Crippen MR) is 409 cm³/mol. The van der Waals surface area contributed by atoms with E-state index in [0.717, 1.165) is 102 Å². The predicted octanol–water partition coefficient (Wildman–Crippen LogP) is 24.3. The van der Waals surface area contributed by atoms with Gasteiger partial charge in [0.05, 0.1) is 26.4 Å². The van der Waals surface area contributed by atoms with Crippen molar-refractivity contribution in [2.45, 2.75) is 445 Å². The fraction of sp³-hybridized carbons (Fsp3) is 0.951. The van der Waals surface area contributed by atoms with E-state index in [-0.39, 0.29) is 25.7 Å². The van der Waals surface area contributed by atoms with Gasteiger partial charge in [-0.3, -0.25) is 37.3 Å². The van der Waals surface area contributed by atoms with Crippen molar-refractivity contribution >= 4 is 39.5 Å². The van der Waals surface area contributed by atoms with Crippen molar-refractivity contribution in [3.05, 3.63) is 0 Å². The van der Waals surface area contributed by atoms with Gasteiger partial charge in [-0.15, -0.1) is 0 Å². The summed E-state index contributed by atoms with van der Waals surface area (Å²) >= 11 is 0. The van der Waals surface area contributed by atoms with Gasteiger partial charge in [-0.25, -0.2) is 9.13 Å². The summed E-state index contributed by atoms with van der Waals surface area (Å²) in [5, 5.41) is 10.6. The number of aliphatic hydroxyl groups is 1. The molecule has 3 N–H and O–H groups in total. The molecule has 0 saturated heterocycles. The molecule has 0 aliphatic rings. The molecule has 0 bridgehead atoms. The number of phosphoric ester groups is 2. The lowest BCUT2D eigenvalue weighted by atomic mass is 10.0. The normalized spacial score (nSPS) is 13.9. The van der Waals surface area contributed by atoms with Crippen LogP contribution in [0.3, 0.4) is 0 Å². The Morgan fingerprint density at radius 3 is 0.680 bits per heavy atom. The molecule has 0 rings (SSSR count). The van der Waals surface area contributed by atoms with Gasteiger partial charge in [0.1, 0.15) is 19.3 Å². The lowest BCUT2D eigenvalue weighted by Crippen LogP contribution is -2.30. The third kappa shape index (κ3) is 74.3. The first kappa shape index (κ1) is 98.1. The number of hydrogen-bond donors (Lipinski definition) is 3. The minimum absolute atomic E-state index is 0.107. The molecule has 0 aromatic rings. The smallest absolute Gasteiger partial charge is 0.462 e. The maximum atomic E-state index is 13.1. The quantitative estimate of drug-likeness (QED) is 0.0222. The summed E-state index contributed by atoms with van der Waals surface area (Å²) in [7, 11) is -9.92. The maximum absolute atomic E-state index is 13.1. The molecule has 100 heavy (non-hydrogen) atoms. The van der Waals surface area contributed by atoms with Crippen molar-refractivity contribution in [3.63, 3.8) is 0 Å². The Morgan fingerprint density at radius 2 is 0.460 bits per heavy atom. The molecule has 0 spiro atoms.